The van der Waals surface area contributed by atoms with Crippen LogP contribution in [0, 0.1) is 5.92 Å². The smallest absolute Gasteiger partial charge is 0.234 e. The summed E-state index contributed by atoms with van der Waals surface area (Å²) in [5, 5.41) is 0. The Kier molecular flexibility index (Phi) is 8.42. The minimum absolute atomic E-state index is 0.124. The standard InChI is InChI=1S/C9H19ClO4S/c1-9(2)3-4-13-5-6-14-7-8-15(10,11)12/h9H,3-8H2,1-2H3. The van der Waals surface area contributed by atoms with E-state index >= 15 is 0 Å². The number of rotatable bonds is 9. The van der Waals surface area contributed by atoms with Gasteiger partial charge in [-0.1, -0.05) is 13.8 Å². The molecule has 0 unspecified atom stereocenters. The molecule has 0 aromatic heterocycles. The number of halogens is 1. The topological polar surface area (TPSA) is 52.6 Å². The Morgan fingerprint density at radius 1 is 1.07 bits per heavy atom. The molecule has 0 radical (unpaired) electrons. The Labute approximate surface area is 96.3 Å². The zero-order valence-electron chi connectivity index (χ0n) is 9.24. The lowest BCUT2D eigenvalue weighted by Crippen LogP contribution is -2.11. The molecule has 92 valence electrons. The lowest BCUT2D eigenvalue weighted by molar-refractivity contribution is 0.0494. The fraction of sp³-hybridized carbons (Fsp3) is 1.00. The van der Waals surface area contributed by atoms with E-state index in [0.717, 1.165) is 13.0 Å². The van der Waals surface area contributed by atoms with Gasteiger partial charge in [0, 0.05) is 17.3 Å². The summed E-state index contributed by atoms with van der Waals surface area (Å²) >= 11 is 0. The van der Waals surface area contributed by atoms with Crippen LogP contribution in [0.4, 0.5) is 0 Å². The van der Waals surface area contributed by atoms with E-state index in [1.807, 2.05) is 0 Å². The Morgan fingerprint density at radius 3 is 2.07 bits per heavy atom. The first-order valence-electron chi connectivity index (χ1n) is 4.99. The highest BCUT2D eigenvalue weighted by molar-refractivity contribution is 8.13. The van der Waals surface area contributed by atoms with Crippen LogP contribution in [0.1, 0.15) is 20.3 Å². The SMILES string of the molecule is CC(C)CCOCCOCCS(=O)(=O)Cl. The summed E-state index contributed by atoms with van der Waals surface area (Å²) < 4.78 is 31.3. The van der Waals surface area contributed by atoms with Crippen LogP contribution in [0.15, 0.2) is 0 Å². The molecular formula is C9H19ClO4S. The van der Waals surface area contributed by atoms with E-state index < -0.39 is 9.05 Å². The van der Waals surface area contributed by atoms with Crippen molar-refractivity contribution >= 4 is 19.7 Å². The second kappa shape index (κ2) is 8.33. The number of ether oxygens (including phenoxy) is 2. The molecule has 0 aliphatic heterocycles. The van der Waals surface area contributed by atoms with Crippen molar-refractivity contribution in [1.29, 1.82) is 0 Å². The lowest BCUT2D eigenvalue weighted by atomic mass is 10.1. The Balaban J connectivity index is 3.12. The van der Waals surface area contributed by atoms with Gasteiger partial charge in [-0.05, 0) is 12.3 Å². The molecule has 0 aromatic rings. The largest absolute Gasteiger partial charge is 0.379 e. The second-order valence-electron chi connectivity index (χ2n) is 3.65. The average Bonchev–Trinajstić information content (AvgIpc) is 2.07. The van der Waals surface area contributed by atoms with Crippen LogP contribution in [0.3, 0.4) is 0 Å². The van der Waals surface area contributed by atoms with Gasteiger partial charge in [0.15, 0.2) is 0 Å². The Hall–Kier alpha value is 0.160. The zero-order chi connectivity index (χ0) is 11.7. The molecule has 0 bridgehead atoms. The zero-order valence-corrected chi connectivity index (χ0v) is 10.8. The minimum atomic E-state index is -3.43. The highest BCUT2D eigenvalue weighted by atomic mass is 35.7. The van der Waals surface area contributed by atoms with E-state index in [1.54, 1.807) is 0 Å². The molecule has 0 amide bonds. The van der Waals surface area contributed by atoms with Gasteiger partial charge in [0.1, 0.15) is 0 Å². The van der Waals surface area contributed by atoms with Crippen molar-refractivity contribution in [3.05, 3.63) is 0 Å². The van der Waals surface area contributed by atoms with Crippen LogP contribution in [0.2, 0.25) is 0 Å². The van der Waals surface area contributed by atoms with Gasteiger partial charge in [-0.3, -0.25) is 0 Å². The van der Waals surface area contributed by atoms with Gasteiger partial charge in [0.05, 0.1) is 25.6 Å². The third-order valence-electron chi connectivity index (χ3n) is 1.68. The van der Waals surface area contributed by atoms with Crippen molar-refractivity contribution in [2.24, 2.45) is 5.92 Å². The maximum absolute atomic E-state index is 10.5. The molecule has 0 fully saturated rings. The van der Waals surface area contributed by atoms with Crippen LogP contribution < -0.4 is 0 Å². The highest BCUT2D eigenvalue weighted by Crippen LogP contribution is 1.98. The summed E-state index contributed by atoms with van der Waals surface area (Å²) in [5.41, 5.74) is 0. The predicted octanol–water partition coefficient (Wildman–Crippen LogP) is 1.63. The molecule has 0 spiro atoms. The second-order valence-corrected chi connectivity index (χ2v) is 6.55. The quantitative estimate of drug-likeness (QED) is 0.466. The molecule has 0 atom stereocenters. The molecule has 15 heavy (non-hydrogen) atoms. The van der Waals surface area contributed by atoms with Gasteiger partial charge in [0.25, 0.3) is 0 Å². The summed E-state index contributed by atoms with van der Waals surface area (Å²) in [6.07, 6.45) is 1.02. The molecular weight excluding hydrogens is 240 g/mol. The number of hydrogen-bond acceptors (Lipinski definition) is 4. The molecule has 0 saturated heterocycles. The van der Waals surface area contributed by atoms with Gasteiger partial charge >= 0.3 is 0 Å². The fourth-order valence-corrected chi connectivity index (χ4v) is 1.31. The third kappa shape index (κ3) is 14.2. The average molecular weight is 259 g/mol. The van der Waals surface area contributed by atoms with Crippen molar-refractivity contribution in [3.63, 3.8) is 0 Å². The molecule has 6 heteroatoms. The monoisotopic (exact) mass is 258 g/mol. The highest BCUT2D eigenvalue weighted by Gasteiger charge is 2.03. The van der Waals surface area contributed by atoms with E-state index in [1.165, 1.54) is 0 Å². The minimum Gasteiger partial charge on any atom is -0.379 e. The van der Waals surface area contributed by atoms with Gasteiger partial charge in [-0.25, -0.2) is 8.42 Å². The van der Waals surface area contributed by atoms with Crippen LogP contribution in [0.25, 0.3) is 0 Å². The normalized spacial score (nSPS) is 12.3. The van der Waals surface area contributed by atoms with Gasteiger partial charge < -0.3 is 9.47 Å². The van der Waals surface area contributed by atoms with E-state index in [2.05, 4.69) is 13.8 Å². The summed E-state index contributed by atoms with van der Waals surface area (Å²) in [6, 6.07) is 0. The molecule has 0 aromatic carbocycles. The Morgan fingerprint density at radius 2 is 1.60 bits per heavy atom. The van der Waals surface area contributed by atoms with Crippen molar-refractivity contribution in [2.75, 3.05) is 32.2 Å². The van der Waals surface area contributed by atoms with E-state index in [4.69, 9.17) is 20.2 Å². The van der Waals surface area contributed by atoms with Crippen LogP contribution in [-0.4, -0.2) is 40.6 Å². The molecule has 0 saturated carbocycles. The van der Waals surface area contributed by atoms with E-state index in [0.29, 0.717) is 19.1 Å². The maximum Gasteiger partial charge on any atom is 0.234 e. The number of hydrogen-bond donors (Lipinski definition) is 0. The van der Waals surface area contributed by atoms with Crippen LogP contribution in [-0.2, 0) is 18.5 Å². The summed E-state index contributed by atoms with van der Waals surface area (Å²) in [4.78, 5) is 0. The Bertz CT molecular complexity index is 238. The van der Waals surface area contributed by atoms with Gasteiger partial charge in [0.2, 0.25) is 9.05 Å². The molecule has 0 aliphatic carbocycles. The van der Waals surface area contributed by atoms with Crippen molar-refractivity contribution < 1.29 is 17.9 Å². The van der Waals surface area contributed by atoms with E-state index in [-0.39, 0.29) is 12.4 Å². The lowest BCUT2D eigenvalue weighted by Gasteiger charge is -2.06. The summed E-state index contributed by atoms with van der Waals surface area (Å²) in [5.74, 6) is 0.480. The molecule has 0 N–H and O–H groups in total. The molecule has 4 nitrogen and oxygen atoms in total. The van der Waals surface area contributed by atoms with Crippen molar-refractivity contribution in [3.8, 4) is 0 Å². The van der Waals surface area contributed by atoms with Gasteiger partial charge in [-0.15, -0.1) is 0 Å². The van der Waals surface area contributed by atoms with Crippen molar-refractivity contribution in [2.45, 2.75) is 20.3 Å². The van der Waals surface area contributed by atoms with Crippen LogP contribution in [0.5, 0.6) is 0 Å². The first-order chi connectivity index (χ1) is 6.92. The summed E-state index contributed by atoms with van der Waals surface area (Å²) in [6.45, 7) is 6.00. The van der Waals surface area contributed by atoms with Crippen molar-refractivity contribution in [1.82, 2.24) is 0 Å². The van der Waals surface area contributed by atoms with Crippen LogP contribution >= 0.6 is 10.7 Å². The van der Waals surface area contributed by atoms with Gasteiger partial charge in [-0.2, -0.15) is 0 Å². The predicted molar refractivity (Wildman–Crippen MR) is 60.7 cm³/mol. The summed E-state index contributed by atoms with van der Waals surface area (Å²) in [7, 11) is 1.57. The molecule has 0 aliphatic rings. The first kappa shape index (κ1) is 15.2. The maximum atomic E-state index is 10.5. The first-order valence-corrected chi connectivity index (χ1v) is 7.47. The van der Waals surface area contributed by atoms with E-state index in [9.17, 15) is 8.42 Å². The fourth-order valence-electron chi connectivity index (χ4n) is 0.799. The molecule has 0 rings (SSSR count). The third-order valence-corrected chi connectivity index (χ3v) is 2.80. The molecule has 0 heterocycles.